The molecule has 0 aliphatic carbocycles. The Balaban J connectivity index is 2.95. The average molecular weight is 568 g/mol. The first kappa shape index (κ1) is 36.1. The maximum Gasteiger partial charge on any atom is 0.306 e. The van der Waals surface area contributed by atoms with Crippen molar-refractivity contribution in [2.24, 2.45) is 17.8 Å². The fourth-order valence-corrected chi connectivity index (χ4v) is 5.56. The molecule has 0 spiro atoms. The minimum Gasteiger partial charge on any atom is -0.462 e. The molecule has 8 nitrogen and oxygen atoms in total. The van der Waals surface area contributed by atoms with Crippen molar-refractivity contribution in [3.8, 4) is 0 Å². The second-order valence-electron chi connectivity index (χ2n) is 11.4. The lowest BCUT2D eigenvalue weighted by Crippen LogP contribution is -2.39. The summed E-state index contributed by atoms with van der Waals surface area (Å²) in [7, 11) is 3.40. The van der Waals surface area contributed by atoms with Crippen LogP contribution in [0.2, 0.25) is 0 Å². The van der Waals surface area contributed by atoms with Crippen molar-refractivity contribution >= 4 is 17.8 Å². The largest absolute Gasteiger partial charge is 0.462 e. The highest BCUT2D eigenvalue weighted by Crippen LogP contribution is 2.29. The Hall–Kier alpha value is -1.93. The van der Waals surface area contributed by atoms with Gasteiger partial charge in [-0.25, -0.2) is 0 Å². The number of rotatable bonds is 20. The van der Waals surface area contributed by atoms with Crippen LogP contribution in [0, 0.1) is 17.8 Å². The summed E-state index contributed by atoms with van der Waals surface area (Å²) in [6.45, 7) is 12.9. The summed E-state index contributed by atoms with van der Waals surface area (Å²) < 4.78 is 23.5. The number of nitrogens with zero attached hydrogens (tertiary/aromatic N) is 1. The maximum atomic E-state index is 12.6. The number of likely N-dealkylation sites (tertiary alicyclic amines) is 1. The minimum atomic E-state index is -0.319. The summed E-state index contributed by atoms with van der Waals surface area (Å²) in [6.07, 6.45) is 11.0. The van der Waals surface area contributed by atoms with E-state index in [9.17, 15) is 14.4 Å². The molecule has 40 heavy (non-hydrogen) atoms. The molecule has 1 amide bonds. The lowest BCUT2D eigenvalue weighted by Gasteiger charge is -2.34. The van der Waals surface area contributed by atoms with Crippen LogP contribution in [0.4, 0.5) is 0 Å². The first-order chi connectivity index (χ1) is 19.1. The van der Waals surface area contributed by atoms with E-state index in [2.05, 4.69) is 27.7 Å². The summed E-state index contributed by atoms with van der Waals surface area (Å²) in [5, 5.41) is 0. The predicted octanol–water partition coefficient (Wildman–Crippen LogP) is 6.46. The van der Waals surface area contributed by atoms with Crippen LogP contribution in [0.1, 0.15) is 112 Å². The lowest BCUT2D eigenvalue weighted by molar-refractivity contribution is -0.156. The summed E-state index contributed by atoms with van der Waals surface area (Å²) in [6, 6.07) is 0. The van der Waals surface area contributed by atoms with Crippen LogP contribution < -0.4 is 0 Å². The number of ether oxygens (including phenoxy) is 4. The van der Waals surface area contributed by atoms with Gasteiger partial charge in [0.25, 0.3) is 0 Å². The normalized spacial score (nSPS) is 19.5. The number of amides is 1. The standard InChI is InChI=1S/C32H57NO7/c1-9-14-26(39-30(35)11-3)22-28(37-7)23(4)17-18-27(40-31(36)15-10-2)25(6)32(38-8)24(5)19-21-33-20-13-12-16-29(33)34/h19,21,23-28,32H,9-18,20,22H2,1-8H3/b21-19+/t23-,24+,25-,26+,27+,28-,32+/m0/s1. The number of esters is 2. The van der Waals surface area contributed by atoms with Gasteiger partial charge >= 0.3 is 11.9 Å². The Bertz CT molecular complexity index is 770. The number of carbonyl (C=O) groups excluding carboxylic acids is 3. The highest BCUT2D eigenvalue weighted by atomic mass is 16.6. The van der Waals surface area contributed by atoms with E-state index in [0.717, 1.165) is 45.1 Å². The van der Waals surface area contributed by atoms with E-state index >= 15 is 0 Å². The van der Waals surface area contributed by atoms with E-state index in [1.165, 1.54) is 0 Å². The zero-order valence-electron chi connectivity index (χ0n) is 26.5. The number of carbonyl (C=O) groups is 3. The predicted molar refractivity (Wildman–Crippen MR) is 158 cm³/mol. The third-order valence-electron chi connectivity index (χ3n) is 8.10. The summed E-state index contributed by atoms with van der Waals surface area (Å²) in [4.78, 5) is 38.6. The summed E-state index contributed by atoms with van der Waals surface area (Å²) in [5.41, 5.74) is 0. The quantitative estimate of drug-likeness (QED) is 0.156. The lowest BCUT2D eigenvalue weighted by atomic mass is 9.84. The Morgan fingerprint density at radius 3 is 2.20 bits per heavy atom. The van der Waals surface area contributed by atoms with Gasteiger partial charge in [-0.2, -0.15) is 0 Å². The molecular formula is C32H57NO7. The van der Waals surface area contributed by atoms with Crippen LogP contribution in [-0.4, -0.2) is 67.9 Å². The van der Waals surface area contributed by atoms with Crippen molar-refractivity contribution in [1.82, 2.24) is 4.90 Å². The molecule has 1 aliphatic heterocycles. The molecule has 0 aromatic carbocycles. The van der Waals surface area contributed by atoms with Gasteiger partial charge in [0.15, 0.2) is 0 Å². The van der Waals surface area contributed by atoms with Crippen molar-refractivity contribution in [3.05, 3.63) is 12.3 Å². The molecule has 0 aromatic rings. The van der Waals surface area contributed by atoms with Gasteiger partial charge in [0.2, 0.25) is 5.91 Å². The second kappa shape index (κ2) is 20.0. The van der Waals surface area contributed by atoms with Crippen LogP contribution in [0.3, 0.4) is 0 Å². The van der Waals surface area contributed by atoms with Crippen LogP contribution in [0.15, 0.2) is 12.3 Å². The topological polar surface area (TPSA) is 91.4 Å². The van der Waals surface area contributed by atoms with E-state index in [-0.39, 0.29) is 60.0 Å². The Morgan fingerprint density at radius 1 is 0.900 bits per heavy atom. The van der Waals surface area contributed by atoms with Gasteiger partial charge in [0.1, 0.15) is 12.2 Å². The van der Waals surface area contributed by atoms with Crippen LogP contribution in [0.25, 0.3) is 0 Å². The van der Waals surface area contributed by atoms with Crippen LogP contribution >= 0.6 is 0 Å². The van der Waals surface area contributed by atoms with Crippen molar-refractivity contribution < 1.29 is 33.3 Å². The molecule has 1 rings (SSSR count). The van der Waals surface area contributed by atoms with E-state index < -0.39 is 0 Å². The first-order valence-electron chi connectivity index (χ1n) is 15.5. The first-order valence-corrected chi connectivity index (χ1v) is 15.5. The van der Waals surface area contributed by atoms with Gasteiger partial charge < -0.3 is 23.8 Å². The Morgan fingerprint density at radius 2 is 1.62 bits per heavy atom. The molecule has 0 unspecified atom stereocenters. The molecular weight excluding hydrogens is 510 g/mol. The minimum absolute atomic E-state index is 0.0225. The van der Waals surface area contributed by atoms with E-state index in [1.807, 2.05) is 19.2 Å². The van der Waals surface area contributed by atoms with E-state index in [0.29, 0.717) is 32.1 Å². The van der Waals surface area contributed by atoms with Crippen molar-refractivity contribution in [2.75, 3.05) is 20.8 Å². The van der Waals surface area contributed by atoms with Crippen LogP contribution in [-0.2, 0) is 33.3 Å². The molecule has 0 bridgehead atoms. The van der Waals surface area contributed by atoms with Gasteiger partial charge in [-0.15, -0.1) is 0 Å². The third kappa shape index (κ3) is 12.7. The van der Waals surface area contributed by atoms with Gasteiger partial charge in [-0.05, 0) is 44.4 Å². The third-order valence-corrected chi connectivity index (χ3v) is 8.10. The summed E-state index contributed by atoms with van der Waals surface area (Å²) >= 11 is 0. The summed E-state index contributed by atoms with van der Waals surface area (Å²) in [5.74, 6) is -0.0793. The number of hydrogen-bond acceptors (Lipinski definition) is 7. The SMILES string of the molecule is CCCC(=O)O[C@H](CC[C@H](C)[C@H](C[C@@H](CCC)OC(=O)CC)OC)[C@H](C)[C@H](OC)[C@H](C)/C=C/N1CCCCC1=O. The number of piperidine rings is 1. The maximum absolute atomic E-state index is 12.6. The molecule has 1 heterocycles. The van der Waals surface area contributed by atoms with E-state index in [4.69, 9.17) is 18.9 Å². The van der Waals surface area contributed by atoms with Crippen molar-refractivity contribution in [3.63, 3.8) is 0 Å². The number of methoxy groups -OCH3 is 2. The zero-order valence-corrected chi connectivity index (χ0v) is 26.5. The molecule has 8 heteroatoms. The Kier molecular flexibility index (Phi) is 18.1. The van der Waals surface area contributed by atoms with Gasteiger partial charge in [-0.3, -0.25) is 14.4 Å². The second-order valence-corrected chi connectivity index (χ2v) is 11.4. The molecule has 0 N–H and O–H groups in total. The fourth-order valence-electron chi connectivity index (χ4n) is 5.56. The Labute approximate surface area is 243 Å². The highest BCUT2D eigenvalue weighted by molar-refractivity contribution is 5.77. The molecule has 1 aliphatic rings. The van der Waals surface area contributed by atoms with Crippen LogP contribution in [0.5, 0.6) is 0 Å². The fraction of sp³-hybridized carbons (Fsp3) is 0.844. The smallest absolute Gasteiger partial charge is 0.306 e. The van der Waals surface area contributed by atoms with Crippen molar-refractivity contribution in [1.29, 1.82) is 0 Å². The monoisotopic (exact) mass is 567 g/mol. The van der Waals surface area contributed by atoms with E-state index in [1.54, 1.807) is 26.0 Å². The highest BCUT2D eigenvalue weighted by Gasteiger charge is 2.33. The van der Waals surface area contributed by atoms with Crippen molar-refractivity contribution in [2.45, 2.75) is 137 Å². The zero-order chi connectivity index (χ0) is 30.1. The molecule has 0 aromatic heterocycles. The molecule has 232 valence electrons. The van der Waals surface area contributed by atoms with Gasteiger partial charge in [-0.1, -0.05) is 54.0 Å². The molecule has 0 saturated carbocycles. The molecule has 0 radical (unpaired) electrons. The molecule has 7 atom stereocenters. The number of hydrogen-bond donors (Lipinski definition) is 0. The molecule has 1 saturated heterocycles. The van der Waals surface area contributed by atoms with Gasteiger partial charge in [0.05, 0.1) is 12.2 Å². The van der Waals surface area contributed by atoms with Gasteiger partial charge in [0, 0.05) is 64.5 Å². The molecule has 1 fully saturated rings. The average Bonchev–Trinajstić information content (AvgIpc) is 2.93.